The molecule has 0 fully saturated rings. The lowest BCUT2D eigenvalue weighted by Gasteiger charge is -2.28. The standard InChI is InChI=1S/C36H75N2O6P/c1-3-5-7-9-11-13-15-17-19-21-23-25-27-29-35(39)34(33-44-45(41,42)43-32-31-37)38-36(40)30-28-26-24-22-20-18-16-14-12-10-8-6-4-2/h34-35,39H,3-33,37H2,1-2H3,(H,38,40)(H,41,42)/t34-,35+/m0/s1. The second kappa shape index (κ2) is 33.4. The lowest BCUT2D eigenvalue weighted by atomic mass is 10.0. The summed E-state index contributed by atoms with van der Waals surface area (Å²) in [5, 5.41) is 13.7. The molecule has 0 rings (SSSR count). The maximum atomic E-state index is 12.7. The molecule has 0 aliphatic carbocycles. The zero-order valence-electron chi connectivity index (χ0n) is 29.7. The third-order valence-corrected chi connectivity index (χ3v) is 9.69. The van der Waals surface area contributed by atoms with Gasteiger partial charge < -0.3 is 30.1 Å². The molecular weight excluding hydrogens is 587 g/mol. The lowest BCUT2D eigenvalue weighted by Crippen LogP contribution is -2.52. The third kappa shape index (κ3) is 31.8. The van der Waals surface area contributed by atoms with E-state index in [0.717, 1.165) is 38.5 Å². The van der Waals surface area contributed by atoms with Crippen molar-refractivity contribution in [1.29, 1.82) is 0 Å². The zero-order valence-corrected chi connectivity index (χ0v) is 30.6. The predicted octanol–water partition coefficient (Wildman–Crippen LogP) is 8.54. The van der Waals surface area contributed by atoms with Gasteiger partial charge in [0.05, 0.1) is 25.3 Å². The highest BCUT2D eigenvalue weighted by Gasteiger charge is 2.24. The van der Waals surface area contributed by atoms with Crippen LogP contribution in [0.5, 0.6) is 0 Å². The molecule has 9 heteroatoms. The molecule has 3 atom stereocenters. The molecule has 1 unspecified atom stereocenters. The van der Waals surface area contributed by atoms with Gasteiger partial charge in [-0.1, -0.05) is 174 Å². The summed E-state index contributed by atoms with van der Waals surface area (Å²) in [5.41, 5.74) is 3.57. The quantitative estimate of drug-likeness (QED) is 0.0454. The van der Waals surface area contributed by atoms with Crippen LogP contribution in [0, 0.1) is 0 Å². The highest BCUT2D eigenvalue weighted by Crippen LogP contribution is 2.38. The molecule has 0 aromatic heterocycles. The van der Waals surface area contributed by atoms with E-state index < -0.39 is 20.0 Å². The molecule has 0 aliphatic rings. The van der Waals surface area contributed by atoms with Crippen molar-refractivity contribution in [2.45, 2.75) is 206 Å². The SMILES string of the molecule is CCCCCCCCCCCCCCCC(=O)N[C@@H](COP(=O)([O-])OCC[NH3+])[C@H](O)CCCCCCCCCCCCCCC. The van der Waals surface area contributed by atoms with E-state index in [-0.39, 0.29) is 19.1 Å². The smallest absolute Gasteiger partial charge is 0.268 e. The van der Waals surface area contributed by atoms with E-state index in [4.69, 9.17) is 9.05 Å². The van der Waals surface area contributed by atoms with Crippen LogP contribution in [0.25, 0.3) is 0 Å². The van der Waals surface area contributed by atoms with E-state index in [1.165, 1.54) is 128 Å². The summed E-state index contributed by atoms with van der Waals surface area (Å²) < 4.78 is 21.9. The third-order valence-electron chi connectivity index (χ3n) is 8.73. The Hall–Kier alpha value is -0.500. The van der Waals surface area contributed by atoms with E-state index in [1.807, 2.05) is 0 Å². The summed E-state index contributed by atoms with van der Waals surface area (Å²) >= 11 is 0. The molecule has 0 heterocycles. The van der Waals surface area contributed by atoms with Gasteiger partial charge in [0.15, 0.2) is 0 Å². The Morgan fingerprint density at radius 1 is 0.667 bits per heavy atom. The van der Waals surface area contributed by atoms with Gasteiger partial charge in [-0.2, -0.15) is 0 Å². The average Bonchev–Trinajstić information content (AvgIpc) is 3.02. The second-order valence-corrected chi connectivity index (χ2v) is 14.6. The topological polar surface area (TPSA) is 136 Å². The number of carbonyl (C=O) groups excluding carboxylic acids is 1. The molecule has 0 spiro atoms. The molecule has 0 bridgehead atoms. The monoisotopic (exact) mass is 663 g/mol. The van der Waals surface area contributed by atoms with Crippen molar-refractivity contribution in [2.75, 3.05) is 19.8 Å². The first-order valence-corrected chi connectivity index (χ1v) is 20.7. The first-order valence-electron chi connectivity index (χ1n) is 19.2. The van der Waals surface area contributed by atoms with E-state index in [9.17, 15) is 19.4 Å². The summed E-state index contributed by atoms with van der Waals surface area (Å²) in [4.78, 5) is 24.7. The van der Waals surface area contributed by atoms with Crippen LogP contribution in [0.15, 0.2) is 0 Å². The Bertz CT molecular complexity index is 684. The van der Waals surface area contributed by atoms with Crippen LogP contribution in [-0.4, -0.2) is 42.9 Å². The van der Waals surface area contributed by atoms with Gasteiger partial charge in [-0.3, -0.25) is 9.36 Å². The minimum atomic E-state index is -4.51. The van der Waals surface area contributed by atoms with E-state index in [0.29, 0.717) is 19.4 Å². The largest absolute Gasteiger partial charge is 0.756 e. The number of rotatable bonds is 36. The van der Waals surface area contributed by atoms with Crippen LogP contribution in [0.1, 0.15) is 194 Å². The molecule has 0 aliphatic heterocycles. The summed E-state index contributed by atoms with van der Waals surface area (Å²) in [7, 11) is -4.51. The van der Waals surface area contributed by atoms with Crippen LogP contribution in [0.3, 0.4) is 0 Å². The maximum Gasteiger partial charge on any atom is 0.268 e. The average molecular weight is 663 g/mol. The number of carbonyl (C=O) groups is 1. The van der Waals surface area contributed by atoms with Crippen molar-refractivity contribution in [2.24, 2.45) is 0 Å². The minimum absolute atomic E-state index is 0.0572. The van der Waals surface area contributed by atoms with Crippen molar-refractivity contribution in [1.82, 2.24) is 5.32 Å². The van der Waals surface area contributed by atoms with Crippen LogP contribution >= 0.6 is 7.82 Å². The van der Waals surface area contributed by atoms with Gasteiger partial charge in [-0.25, -0.2) is 0 Å². The van der Waals surface area contributed by atoms with Crippen LogP contribution in [0.4, 0.5) is 0 Å². The van der Waals surface area contributed by atoms with E-state index in [1.54, 1.807) is 0 Å². The fourth-order valence-corrected chi connectivity index (χ4v) is 6.56. The summed E-state index contributed by atoms with van der Waals surface area (Å²) in [6.07, 6.45) is 32.3. The molecule has 45 heavy (non-hydrogen) atoms. The Balaban J connectivity index is 4.22. The molecule has 8 nitrogen and oxygen atoms in total. The highest BCUT2D eigenvalue weighted by molar-refractivity contribution is 7.45. The number of aliphatic hydroxyl groups excluding tert-OH is 1. The number of nitrogens with one attached hydrogen (secondary N) is 1. The number of hydrogen-bond acceptors (Lipinski definition) is 6. The summed E-state index contributed by atoms with van der Waals surface area (Å²) in [6, 6.07) is -0.789. The number of amides is 1. The number of quaternary nitrogens is 1. The first kappa shape index (κ1) is 44.5. The van der Waals surface area contributed by atoms with Crippen LogP contribution in [0.2, 0.25) is 0 Å². The number of phosphoric acid groups is 1. The van der Waals surface area contributed by atoms with E-state index in [2.05, 4.69) is 24.9 Å². The normalized spacial score (nSPS) is 14.3. The Morgan fingerprint density at radius 3 is 1.44 bits per heavy atom. The molecular formula is C36H75N2O6P. The number of unbranched alkanes of at least 4 members (excludes halogenated alkanes) is 24. The molecule has 5 N–H and O–H groups in total. The van der Waals surface area contributed by atoms with Gasteiger partial charge in [0.2, 0.25) is 5.91 Å². The maximum absolute atomic E-state index is 12.7. The number of aliphatic hydroxyl groups is 1. The lowest BCUT2D eigenvalue weighted by molar-refractivity contribution is -0.373. The molecule has 0 saturated heterocycles. The second-order valence-electron chi connectivity index (χ2n) is 13.2. The molecule has 0 aromatic rings. The van der Waals surface area contributed by atoms with Gasteiger partial charge in [-0.05, 0) is 12.8 Å². The highest BCUT2D eigenvalue weighted by atomic mass is 31.2. The number of phosphoric ester groups is 1. The van der Waals surface area contributed by atoms with Gasteiger partial charge in [0.1, 0.15) is 6.61 Å². The fraction of sp³-hybridized carbons (Fsp3) is 0.972. The van der Waals surface area contributed by atoms with Crippen molar-refractivity contribution < 1.29 is 34.1 Å². The molecule has 0 aromatic carbocycles. The van der Waals surface area contributed by atoms with Crippen molar-refractivity contribution in [3.8, 4) is 0 Å². The molecule has 0 saturated carbocycles. The van der Waals surface area contributed by atoms with Gasteiger partial charge in [0, 0.05) is 6.42 Å². The van der Waals surface area contributed by atoms with Crippen LogP contribution < -0.4 is 15.9 Å². The Labute approximate surface area is 278 Å². The molecule has 270 valence electrons. The van der Waals surface area contributed by atoms with Gasteiger partial charge in [0.25, 0.3) is 7.82 Å². The fourth-order valence-electron chi connectivity index (χ4n) is 5.79. The molecule has 1 amide bonds. The molecule has 0 radical (unpaired) electrons. The first-order chi connectivity index (χ1) is 21.9. The van der Waals surface area contributed by atoms with Gasteiger partial charge in [-0.15, -0.1) is 0 Å². The minimum Gasteiger partial charge on any atom is -0.756 e. The van der Waals surface area contributed by atoms with Crippen molar-refractivity contribution in [3.05, 3.63) is 0 Å². The Morgan fingerprint density at radius 2 is 1.04 bits per heavy atom. The predicted molar refractivity (Wildman–Crippen MR) is 186 cm³/mol. The zero-order chi connectivity index (χ0) is 33.3. The summed E-state index contributed by atoms with van der Waals surface area (Å²) in [5.74, 6) is -0.171. The Kier molecular flexibility index (Phi) is 33.0. The van der Waals surface area contributed by atoms with Gasteiger partial charge >= 0.3 is 0 Å². The van der Waals surface area contributed by atoms with E-state index >= 15 is 0 Å². The summed E-state index contributed by atoms with van der Waals surface area (Å²) in [6.45, 7) is 4.42. The number of hydrogen-bond donors (Lipinski definition) is 3. The van der Waals surface area contributed by atoms with Crippen LogP contribution in [-0.2, 0) is 18.4 Å². The van der Waals surface area contributed by atoms with Crippen molar-refractivity contribution in [3.63, 3.8) is 0 Å². The van der Waals surface area contributed by atoms with Crippen molar-refractivity contribution >= 4 is 13.7 Å².